The molecule has 3 saturated heterocycles. The molecule has 0 spiro atoms. The van der Waals surface area contributed by atoms with Gasteiger partial charge in [0.1, 0.15) is 5.54 Å². The van der Waals surface area contributed by atoms with Crippen LogP contribution in [0.25, 0.3) is 0 Å². The van der Waals surface area contributed by atoms with Gasteiger partial charge in [0.15, 0.2) is 0 Å². The van der Waals surface area contributed by atoms with Crippen molar-refractivity contribution in [2.45, 2.75) is 44.2 Å². The Labute approximate surface area is 118 Å². The molecule has 6 heteroatoms. The van der Waals surface area contributed by atoms with E-state index >= 15 is 0 Å². The Kier molecular flexibility index (Phi) is 3.36. The number of carbonyl (C=O) groups excluding carboxylic acids is 1. The van der Waals surface area contributed by atoms with Gasteiger partial charge in [0, 0.05) is 12.6 Å². The molecule has 0 aromatic carbocycles. The van der Waals surface area contributed by atoms with Crippen molar-refractivity contribution in [1.29, 1.82) is 0 Å². The molecule has 20 heavy (non-hydrogen) atoms. The molecule has 1 saturated carbocycles. The molecule has 2 bridgehead atoms. The van der Waals surface area contributed by atoms with Gasteiger partial charge in [-0.25, -0.2) is 9.59 Å². The number of amides is 2. The van der Waals surface area contributed by atoms with Crippen molar-refractivity contribution in [3.63, 3.8) is 0 Å². The molecule has 3 N–H and O–H groups in total. The van der Waals surface area contributed by atoms with Crippen molar-refractivity contribution in [2.24, 2.45) is 11.8 Å². The van der Waals surface area contributed by atoms with E-state index in [2.05, 4.69) is 15.5 Å². The minimum Gasteiger partial charge on any atom is -0.480 e. The van der Waals surface area contributed by atoms with Gasteiger partial charge in [-0.1, -0.05) is 0 Å². The molecule has 4 fully saturated rings. The van der Waals surface area contributed by atoms with Gasteiger partial charge < -0.3 is 20.6 Å². The summed E-state index contributed by atoms with van der Waals surface area (Å²) < 4.78 is 0. The van der Waals surface area contributed by atoms with E-state index in [1.165, 1.54) is 0 Å². The smallest absolute Gasteiger partial charge is 0.329 e. The minimum absolute atomic E-state index is 0.0670. The maximum Gasteiger partial charge on any atom is 0.329 e. The van der Waals surface area contributed by atoms with E-state index in [1.54, 1.807) is 6.92 Å². The molecule has 0 aromatic rings. The normalized spacial score (nSPS) is 35.1. The summed E-state index contributed by atoms with van der Waals surface area (Å²) >= 11 is 0. The lowest BCUT2D eigenvalue weighted by Crippen LogP contribution is -2.62. The Hall–Kier alpha value is -1.30. The van der Waals surface area contributed by atoms with E-state index in [4.69, 9.17) is 0 Å². The molecular weight excluding hydrogens is 258 g/mol. The molecule has 2 unspecified atom stereocenters. The summed E-state index contributed by atoms with van der Waals surface area (Å²) in [7, 11) is 0. The summed E-state index contributed by atoms with van der Waals surface area (Å²) in [5.74, 6) is -0.330. The van der Waals surface area contributed by atoms with Gasteiger partial charge in [0.25, 0.3) is 0 Å². The summed E-state index contributed by atoms with van der Waals surface area (Å²) in [4.78, 5) is 25.9. The third-order valence-electron chi connectivity index (χ3n) is 5.18. The standard InChI is InChI=1S/C14H23N3O3/c1-14(12(18)19,10-2-3-10)16-13(20)15-11-8-17-6-4-9(11)5-7-17/h9-11H,2-8H2,1H3,(H,18,19)(H2,15,16,20). The first kappa shape index (κ1) is 13.7. The van der Waals surface area contributed by atoms with Crippen LogP contribution < -0.4 is 10.6 Å². The molecule has 0 radical (unpaired) electrons. The number of hydrogen-bond donors (Lipinski definition) is 3. The Morgan fingerprint density at radius 3 is 2.30 bits per heavy atom. The van der Waals surface area contributed by atoms with E-state index in [0.717, 1.165) is 45.3 Å². The number of aliphatic carboxylic acids is 1. The molecular formula is C14H23N3O3. The van der Waals surface area contributed by atoms with Gasteiger partial charge >= 0.3 is 12.0 Å². The Morgan fingerprint density at radius 1 is 1.20 bits per heavy atom. The van der Waals surface area contributed by atoms with Gasteiger partial charge in [-0.15, -0.1) is 0 Å². The fourth-order valence-corrected chi connectivity index (χ4v) is 3.56. The molecule has 4 aliphatic rings. The lowest BCUT2D eigenvalue weighted by Gasteiger charge is -2.45. The highest BCUT2D eigenvalue weighted by Crippen LogP contribution is 2.39. The number of carboxylic acid groups (broad SMARTS) is 1. The van der Waals surface area contributed by atoms with Crippen LogP contribution in [0.2, 0.25) is 0 Å². The number of nitrogens with one attached hydrogen (secondary N) is 2. The average molecular weight is 281 g/mol. The highest BCUT2D eigenvalue weighted by atomic mass is 16.4. The van der Waals surface area contributed by atoms with E-state index in [1.807, 2.05) is 0 Å². The SMILES string of the molecule is CC(NC(=O)NC1CN2CCC1CC2)(C(=O)O)C1CC1. The van der Waals surface area contributed by atoms with Crippen molar-refractivity contribution in [1.82, 2.24) is 15.5 Å². The van der Waals surface area contributed by atoms with Gasteiger partial charge in [-0.3, -0.25) is 0 Å². The van der Waals surface area contributed by atoms with Crippen molar-refractivity contribution in [3.8, 4) is 0 Å². The number of nitrogens with zero attached hydrogens (tertiary/aromatic N) is 1. The number of carboxylic acids is 1. The minimum atomic E-state index is -1.13. The second-order valence-electron chi connectivity index (χ2n) is 6.62. The molecule has 4 rings (SSSR count). The number of urea groups is 1. The van der Waals surface area contributed by atoms with Crippen LogP contribution in [0, 0.1) is 11.8 Å². The van der Waals surface area contributed by atoms with Crippen LogP contribution in [0.1, 0.15) is 32.6 Å². The highest BCUT2D eigenvalue weighted by molar-refractivity contribution is 5.86. The third-order valence-corrected chi connectivity index (χ3v) is 5.18. The van der Waals surface area contributed by atoms with Crippen LogP contribution in [0.5, 0.6) is 0 Å². The summed E-state index contributed by atoms with van der Waals surface area (Å²) in [6.07, 6.45) is 4.01. The fraction of sp³-hybridized carbons (Fsp3) is 0.857. The number of piperidine rings is 3. The molecule has 6 nitrogen and oxygen atoms in total. The average Bonchev–Trinajstić information content (AvgIpc) is 3.24. The Bertz CT molecular complexity index is 416. The third kappa shape index (κ3) is 2.49. The largest absolute Gasteiger partial charge is 0.480 e. The summed E-state index contributed by atoms with van der Waals surface area (Å²) in [5.41, 5.74) is -1.13. The number of hydrogen-bond acceptors (Lipinski definition) is 3. The van der Waals surface area contributed by atoms with E-state index < -0.39 is 11.5 Å². The molecule has 2 atom stereocenters. The second-order valence-corrected chi connectivity index (χ2v) is 6.62. The summed E-state index contributed by atoms with van der Waals surface area (Å²) in [6, 6.07) is -0.171. The molecule has 2 amide bonds. The highest BCUT2D eigenvalue weighted by Gasteiger charge is 2.49. The zero-order valence-corrected chi connectivity index (χ0v) is 11.9. The predicted octanol–water partition coefficient (Wildman–Crippen LogP) is 0.633. The predicted molar refractivity (Wildman–Crippen MR) is 73.4 cm³/mol. The molecule has 3 aliphatic heterocycles. The lowest BCUT2D eigenvalue weighted by molar-refractivity contribution is -0.144. The van der Waals surface area contributed by atoms with E-state index in [-0.39, 0.29) is 18.0 Å². The van der Waals surface area contributed by atoms with Gasteiger partial charge in [0.2, 0.25) is 0 Å². The Balaban J connectivity index is 1.58. The Morgan fingerprint density at radius 2 is 1.85 bits per heavy atom. The molecule has 112 valence electrons. The first-order valence-corrected chi connectivity index (χ1v) is 7.53. The summed E-state index contributed by atoms with van der Waals surface area (Å²) in [6.45, 7) is 4.76. The van der Waals surface area contributed by atoms with Crippen molar-refractivity contribution in [2.75, 3.05) is 19.6 Å². The first-order chi connectivity index (χ1) is 9.49. The molecule has 1 aliphatic carbocycles. The maximum atomic E-state index is 12.1. The first-order valence-electron chi connectivity index (χ1n) is 7.53. The zero-order chi connectivity index (χ0) is 14.3. The fourth-order valence-electron chi connectivity index (χ4n) is 3.56. The topological polar surface area (TPSA) is 81.7 Å². The lowest BCUT2D eigenvalue weighted by atomic mass is 9.84. The quantitative estimate of drug-likeness (QED) is 0.706. The van der Waals surface area contributed by atoms with E-state index in [9.17, 15) is 14.7 Å². The van der Waals surface area contributed by atoms with Crippen LogP contribution in [0.3, 0.4) is 0 Å². The van der Waals surface area contributed by atoms with Crippen molar-refractivity contribution >= 4 is 12.0 Å². The number of carbonyl (C=O) groups is 2. The number of fused-ring (bicyclic) bond motifs is 3. The monoisotopic (exact) mass is 281 g/mol. The van der Waals surface area contributed by atoms with Crippen molar-refractivity contribution in [3.05, 3.63) is 0 Å². The van der Waals surface area contributed by atoms with Crippen LogP contribution in [0.15, 0.2) is 0 Å². The van der Waals surface area contributed by atoms with Gasteiger partial charge in [0.05, 0.1) is 0 Å². The summed E-state index contributed by atoms with van der Waals surface area (Å²) in [5, 5.41) is 15.0. The van der Waals surface area contributed by atoms with Crippen LogP contribution in [0.4, 0.5) is 4.79 Å². The zero-order valence-electron chi connectivity index (χ0n) is 11.9. The van der Waals surface area contributed by atoms with Crippen LogP contribution >= 0.6 is 0 Å². The molecule has 0 aromatic heterocycles. The van der Waals surface area contributed by atoms with Gasteiger partial charge in [-0.2, -0.15) is 0 Å². The van der Waals surface area contributed by atoms with Gasteiger partial charge in [-0.05, 0) is 57.5 Å². The van der Waals surface area contributed by atoms with Crippen molar-refractivity contribution < 1.29 is 14.7 Å². The second kappa shape index (κ2) is 4.91. The molecule has 3 heterocycles. The van der Waals surface area contributed by atoms with Crippen LogP contribution in [-0.2, 0) is 4.79 Å². The van der Waals surface area contributed by atoms with E-state index in [0.29, 0.717) is 5.92 Å². The van der Waals surface area contributed by atoms with Crippen LogP contribution in [-0.4, -0.2) is 53.2 Å². The maximum absolute atomic E-state index is 12.1. The number of rotatable bonds is 4.